The molecule has 0 amide bonds. The van der Waals surface area contributed by atoms with Crippen LogP contribution in [0.4, 0.5) is 5.13 Å². The topological polar surface area (TPSA) is 37.8 Å². The monoisotopic (exact) mass is 247 g/mol. The van der Waals surface area contributed by atoms with E-state index in [1.54, 1.807) is 11.3 Å². The summed E-state index contributed by atoms with van der Waals surface area (Å²) in [6.07, 6.45) is 4.20. The van der Waals surface area contributed by atoms with Crippen molar-refractivity contribution in [3.05, 3.63) is 30.1 Å². The fourth-order valence-corrected chi connectivity index (χ4v) is 2.55. The molecule has 4 heteroatoms. The van der Waals surface area contributed by atoms with Gasteiger partial charge in [-0.15, -0.1) is 0 Å². The van der Waals surface area contributed by atoms with Gasteiger partial charge in [-0.2, -0.15) is 0 Å². The van der Waals surface area contributed by atoms with Gasteiger partial charge in [0.05, 0.1) is 16.3 Å². The Bertz CT molecular complexity index is 465. The molecule has 2 aromatic rings. The van der Waals surface area contributed by atoms with Crippen LogP contribution in [0.5, 0.6) is 0 Å². The van der Waals surface area contributed by atoms with Crippen LogP contribution >= 0.6 is 11.3 Å². The molecule has 2 rings (SSSR count). The highest BCUT2D eigenvalue weighted by atomic mass is 32.1. The lowest BCUT2D eigenvalue weighted by molar-refractivity contribution is 0.833. The molecule has 1 N–H and O–H groups in total. The van der Waals surface area contributed by atoms with Crippen molar-refractivity contribution in [3.8, 4) is 10.6 Å². The maximum Gasteiger partial charge on any atom is 0.183 e. The molecule has 0 fully saturated rings. The van der Waals surface area contributed by atoms with Crippen molar-refractivity contribution in [2.24, 2.45) is 0 Å². The first-order valence-electron chi connectivity index (χ1n) is 5.94. The zero-order chi connectivity index (χ0) is 12.1. The number of hydrogen-bond donors (Lipinski definition) is 1. The summed E-state index contributed by atoms with van der Waals surface area (Å²) < 4.78 is 0. The van der Waals surface area contributed by atoms with Crippen LogP contribution in [0.2, 0.25) is 0 Å². The molecule has 2 heterocycles. The first-order valence-corrected chi connectivity index (χ1v) is 6.75. The predicted molar refractivity (Wildman–Crippen MR) is 73.5 cm³/mol. The molecule has 0 saturated carbocycles. The first-order chi connectivity index (χ1) is 8.31. The van der Waals surface area contributed by atoms with E-state index in [-0.39, 0.29) is 0 Å². The number of nitrogens with one attached hydrogen (secondary N) is 1. The summed E-state index contributed by atoms with van der Waals surface area (Å²) in [4.78, 5) is 10.0. The molecule has 0 aliphatic rings. The van der Waals surface area contributed by atoms with Crippen LogP contribution in [-0.4, -0.2) is 16.5 Å². The summed E-state index contributed by atoms with van der Waals surface area (Å²) in [5.41, 5.74) is 2.05. The summed E-state index contributed by atoms with van der Waals surface area (Å²) in [5, 5.41) is 4.35. The summed E-state index contributed by atoms with van der Waals surface area (Å²) in [6, 6.07) is 5.96. The van der Waals surface area contributed by atoms with Gasteiger partial charge in [-0.1, -0.05) is 30.7 Å². The van der Waals surface area contributed by atoms with E-state index in [9.17, 15) is 0 Å². The van der Waals surface area contributed by atoms with Crippen LogP contribution in [-0.2, 0) is 0 Å². The summed E-state index contributed by atoms with van der Waals surface area (Å²) >= 11 is 1.68. The normalized spacial score (nSPS) is 10.5. The fraction of sp³-hybridized carbons (Fsp3) is 0.385. The van der Waals surface area contributed by atoms with Gasteiger partial charge in [0.2, 0.25) is 0 Å². The largest absolute Gasteiger partial charge is 0.361 e. The lowest BCUT2D eigenvalue weighted by atomic mass is 10.3. The van der Waals surface area contributed by atoms with Crippen molar-refractivity contribution in [1.29, 1.82) is 0 Å². The number of aromatic nitrogens is 2. The Morgan fingerprint density at radius 2 is 2.24 bits per heavy atom. The van der Waals surface area contributed by atoms with Gasteiger partial charge in [0.15, 0.2) is 5.13 Å². The molecule has 0 aliphatic carbocycles. The molecule has 0 aromatic carbocycles. The molecule has 0 spiro atoms. The SMILES string of the molecule is CCCCNc1nc(C)c(-c2ccccn2)s1. The Hall–Kier alpha value is -1.42. The summed E-state index contributed by atoms with van der Waals surface area (Å²) in [7, 11) is 0. The second kappa shape index (κ2) is 5.77. The molecule has 0 atom stereocenters. The van der Waals surface area contributed by atoms with Gasteiger partial charge in [-0.3, -0.25) is 4.98 Å². The highest BCUT2D eigenvalue weighted by Crippen LogP contribution is 2.31. The van der Waals surface area contributed by atoms with Crippen molar-refractivity contribution < 1.29 is 0 Å². The van der Waals surface area contributed by atoms with Crippen molar-refractivity contribution in [3.63, 3.8) is 0 Å². The standard InChI is InChI=1S/C13H17N3S/c1-3-4-8-15-13-16-10(2)12(17-13)11-7-5-6-9-14-11/h5-7,9H,3-4,8H2,1-2H3,(H,15,16). The van der Waals surface area contributed by atoms with Crippen molar-refractivity contribution in [2.75, 3.05) is 11.9 Å². The van der Waals surface area contributed by atoms with Crippen LogP contribution in [0.1, 0.15) is 25.5 Å². The number of hydrogen-bond acceptors (Lipinski definition) is 4. The van der Waals surface area contributed by atoms with Crippen LogP contribution in [0.25, 0.3) is 10.6 Å². The van der Waals surface area contributed by atoms with E-state index in [1.165, 1.54) is 12.8 Å². The van der Waals surface area contributed by atoms with Gasteiger partial charge in [0, 0.05) is 12.7 Å². The van der Waals surface area contributed by atoms with Gasteiger partial charge in [-0.25, -0.2) is 4.98 Å². The minimum Gasteiger partial charge on any atom is -0.361 e. The Morgan fingerprint density at radius 3 is 2.94 bits per heavy atom. The van der Waals surface area contributed by atoms with Gasteiger partial charge >= 0.3 is 0 Å². The second-order valence-electron chi connectivity index (χ2n) is 3.93. The van der Waals surface area contributed by atoms with E-state index in [1.807, 2.05) is 31.3 Å². The number of pyridine rings is 1. The molecule has 0 aliphatic heterocycles. The molecular formula is C13H17N3S. The van der Waals surface area contributed by atoms with Crippen molar-refractivity contribution in [2.45, 2.75) is 26.7 Å². The minimum atomic E-state index is 0.991. The third kappa shape index (κ3) is 3.03. The Balaban J connectivity index is 2.14. The third-order valence-corrected chi connectivity index (χ3v) is 3.64. The maximum atomic E-state index is 4.53. The number of unbranched alkanes of at least 4 members (excludes halogenated alkanes) is 1. The Kier molecular flexibility index (Phi) is 4.09. The van der Waals surface area contributed by atoms with E-state index in [0.29, 0.717) is 0 Å². The van der Waals surface area contributed by atoms with Gasteiger partial charge in [-0.05, 0) is 25.5 Å². The average Bonchev–Trinajstić information content (AvgIpc) is 2.72. The van der Waals surface area contributed by atoms with E-state index >= 15 is 0 Å². The molecule has 0 unspecified atom stereocenters. The second-order valence-corrected chi connectivity index (χ2v) is 4.93. The maximum absolute atomic E-state index is 4.53. The molecule has 17 heavy (non-hydrogen) atoms. The van der Waals surface area contributed by atoms with Crippen molar-refractivity contribution >= 4 is 16.5 Å². The molecule has 0 bridgehead atoms. The quantitative estimate of drug-likeness (QED) is 0.818. The zero-order valence-electron chi connectivity index (χ0n) is 10.2. The summed E-state index contributed by atoms with van der Waals surface area (Å²) in [6.45, 7) is 5.21. The third-order valence-electron chi connectivity index (χ3n) is 2.50. The summed E-state index contributed by atoms with van der Waals surface area (Å²) in [5.74, 6) is 0. The fourth-order valence-electron chi connectivity index (χ4n) is 1.58. The van der Waals surface area contributed by atoms with E-state index < -0.39 is 0 Å². The predicted octanol–water partition coefficient (Wildman–Crippen LogP) is 3.73. The van der Waals surface area contributed by atoms with E-state index in [2.05, 4.69) is 22.2 Å². The zero-order valence-corrected chi connectivity index (χ0v) is 11.0. The molecular weight excluding hydrogens is 230 g/mol. The number of anilines is 1. The lowest BCUT2D eigenvalue weighted by Gasteiger charge is -1.98. The number of rotatable bonds is 5. The molecule has 0 radical (unpaired) electrons. The highest BCUT2D eigenvalue weighted by molar-refractivity contribution is 7.19. The number of nitrogens with zero attached hydrogens (tertiary/aromatic N) is 2. The molecule has 90 valence electrons. The van der Waals surface area contributed by atoms with Gasteiger partial charge in [0.25, 0.3) is 0 Å². The van der Waals surface area contributed by atoms with Gasteiger partial charge < -0.3 is 5.32 Å². The van der Waals surface area contributed by atoms with E-state index in [0.717, 1.165) is 27.9 Å². The smallest absolute Gasteiger partial charge is 0.183 e. The van der Waals surface area contributed by atoms with Crippen LogP contribution in [0, 0.1) is 6.92 Å². The van der Waals surface area contributed by atoms with E-state index in [4.69, 9.17) is 0 Å². The first kappa shape index (κ1) is 12.0. The van der Waals surface area contributed by atoms with Crippen LogP contribution in [0.15, 0.2) is 24.4 Å². The minimum absolute atomic E-state index is 0.991. The molecule has 2 aromatic heterocycles. The Morgan fingerprint density at radius 1 is 1.35 bits per heavy atom. The average molecular weight is 247 g/mol. The highest BCUT2D eigenvalue weighted by Gasteiger charge is 2.09. The molecule has 0 saturated heterocycles. The number of aryl methyl sites for hydroxylation is 1. The van der Waals surface area contributed by atoms with Gasteiger partial charge in [0.1, 0.15) is 0 Å². The van der Waals surface area contributed by atoms with Crippen LogP contribution < -0.4 is 5.32 Å². The van der Waals surface area contributed by atoms with Crippen molar-refractivity contribution in [1.82, 2.24) is 9.97 Å². The van der Waals surface area contributed by atoms with Crippen LogP contribution in [0.3, 0.4) is 0 Å². The molecule has 3 nitrogen and oxygen atoms in total. The lowest BCUT2D eigenvalue weighted by Crippen LogP contribution is -1.99. The number of thiazole rings is 1. The Labute approximate surface area is 106 Å².